The number of fused-ring (bicyclic) bond motifs is 1. The molecular formula is C25H25BrN2O4. The smallest absolute Gasteiger partial charge is 0.254 e. The van der Waals surface area contributed by atoms with Crippen molar-refractivity contribution in [3.8, 4) is 17.2 Å². The quantitative estimate of drug-likeness (QED) is 0.492. The van der Waals surface area contributed by atoms with Crippen molar-refractivity contribution in [1.82, 2.24) is 4.90 Å². The lowest BCUT2D eigenvalue weighted by molar-refractivity contribution is 0.0589. The van der Waals surface area contributed by atoms with Crippen LogP contribution in [0.15, 0.2) is 65.1 Å². The number of anilines is 1. The van der Waals surface area contributed by atoms with Gasteiger partial charge in [-0.3, -0.25) is 4.79 Å². The van der Waals surface area contributed by atoms with E-state index in [-0.39, 0.29) is 11.9 Å². The summed E-state index contributed by atoms with van der Waals surface area (Å²) in [6.07, 6.45) is 0.716. The number of nitrogens with zero attached hydrogens (tertiary/aromatic N) is 1. The topological polar surface area (TPSA) is 74.0 Å². The van der Waals surface area contributed by atoms with Crippen molar-refractivity contribution in [3.63, 3.8) is 0 Å². The Kier molecular flexibility index (Phi) is 6.55. The molecule has 1 unspecified atom stereocenters. The van der Waals surface area contributed by atoms with E-state index in [0.29, 0.717) is 48.1 Å². The van der Waals surface area contributed by atoms with Gasteiger partial charge in [-0.15, -0.1) is 0 Å². The third kappa shape index (κ3) is 4.53. The van der Waals surface area contributed by atoms with E-state index in [2.05, 4.69) is 15.9 Å². The average Bonchev–Trinajstić information content (AvgIpc) is 2.82. The van der Waals surface area contributed by atoms with Gasteiger partial charge in [-0.05, 0) is 72.1 Å². The second-order valence-corrected chi connectivity index (χ2v) is 8.48. The molecule has 1 aliphatic rings. The third-order valence-electron chi connectivity index (χ3n) is 5.62. The van der Waals surface area contributed by atoms with Gasteiger partial charge in [0.25, 0.3) is 5.91 Å². The maximum atomic E-state index is 13.5. The molecule has 0 radical (unpaired) electrons. The molecule has 7 heteroatoms. The molecule has 6 nitrogen and oxygen atoms in total. The number of carbonyl (C=O) groups is 1. The summed E-state index contributed by atoms with van der Waals surface area (Å²) in [5, 5.41) is 0. The first-order chi connectivity index (χ1) is 15.5. The Morgan fingerprint density at radius 3 is 2.47 bits per heavy atom. The Labute approximate surface area is 196 Å². The molecule has 1 aliphatic heterocycles. The monoisotopic (exact) mass is 496 g/mol. The lowest BCUT2D eigenvalue weighted by atomic mass is 9.91. The Balaban J connectivity index is 1.70. The van der Waals surface area contributed by atoms with Crippen LogP contribution in [0.4, 0.5) is 5.69 Å². The minimum atomic E-state index is -0.289. The van der Waals surface area contributed by atoms with Crippen LogP contribution in [-0.4, -0.2) is 38.2 Å². The van der Waals surface area contributed by atoms with Crippen LogP contribution in [0.2, 0.25) is 0 Å². The normalized spacial score (nSPS) is 15.1. The van der Waals surface area contributed by atoms with E-state index < -0.39 is 0 Å². The first-order valence-electron chi connectivity index (χ1n) is 10.3. The van der Waals surface area contributed by atoms with Crippen LogP contribution in [0.25, 0.3) is 0 Å². The molecule has 3 aromatic carbocycles. The fourth-order valence-electron chi connectivity index (χ4n) is 3.98. The summed E-state index contributed by atoms with van der Waals surface area (Å²) in [6, 6.07) is 18.3. The molecule has 2 N–H and O–H groups in total. The first kappa shape index (κ1) is 22.0. The van der Waals surface area contributed by atoms with Crippen LogP contribution >= 0.6 is 15.9 Å². The molecule has 0 saturated carbocycles. The minimum absolute atomic E-state index is 0.0439. The molecule has 0 spiro atoms. The first-order valence-corrected chi connectivity index (χ1v) is 11.1. The molecular weight excluding hydrogens is 472 g/mol. The second kappa shape index (κ2) is 9.53. The molecule has 3 aromatic rings. The van der Waals surface area contributed by atoms with Crippen molar-refractivity contribution >= 4 is 27.5 Å². The number of nitrogens with two attached hydrogens (primary N) is 1. The highest BCUT2D eigenvalue weighted by molar-refractivity contribution is 9.10. The number of hydrogen-bond acceptors (Lipinski definition) is 5. The summed E-state index contributed by atoms with van der Waals surface area (Å²) in [5.41, 5.74) is 9.19. The summed E-state index contributed by atoms with van der Waals surface area (Å²) < 4.78 is 18.0. The van der Waals surface area contributed by atoms with Gasteiger partial charge < -0.3 is 24.8 Å². The van der Waals surface area contributed by atoms with Crippen LogP contribution in [0.5, 0.6) is 17.2 Å². The van der Waals surface area contributed by atoms with Crippen molar-refractivity contribution in [2.75, 3.05) is 33.1 Å². The van der Waals surface area contributed by atoms with E-state index in [1.54, 1.807) is 26.4 Å². The molecule has 0 aliphatic carbocycles. The van der Waals surface area contributed by atoms with Crippen LogP contribution in [0.1, 0.15) is 27.5 Å². The predicted octanol–water partition coefficient (Wildman–Crippen LogP) is 4.87. The Morgan fingerprint density at radius 1 is 1.06 bits per heavy atom. The van der Waals surface area contributed by atoms with Crippen molar-refractivity contribution < 1.29 is 19.0 Å². The zero-order valence-electron chi connectivity index (χ0n) is 18.0. The highest BCUT2D eigenvalue weighted by atomic mass is 79.9. The Bertz CT molecular complexity index is 1120. The summed E-state index contributed by atoms with van der Waals surface area (Å²) in [6.45, 7) is 0.871. The fraction of sp³-hybridized carbons (Fsp3) is 0.240. The number of benzene rings is 3. The van der Waals surface area contributed by atoms with Gasteiger partial charge in [0.1, 0.15) is 12.4 Å². The number of hydrogen-bond donors (Lipinski definition) is 1. The van der Waals surface area contributed by atoms with Gasteiger partial charge in [-0.2, -0.15) is 0 Å². The number of amides is 1. The molecule has 166 valence electrons. The zero-order valence-corrected chi connectivity index (χ0v) is 19.6. The van der Waals surface area contributed by atoms with E-state index in [1.165, 1.54) is 0 Å². The summed E-state index contributed by atoms with van der Waals surface area (Å²) >= 11 is 3.46. The zero-order chi connectivity index (χ0) is 22.7. The summed E-state index contributed by atoms with van der Waals surface area (Å²) in [7, 11) is 3.23. The summed E-state index contributed by atoms with van der Waals surface area (Å²) in [4.78, 5) is 15.4. The number of nitrogen functional groups attached to an aromatic ring is 1. The van der Waals surface area contributed by atoms with E-state index in [4.69, 9.17) is 19.9 Å². The van der Waals surface area contributed by atoms with Gasteiger partial charge in [-0.25, -0.2) is 0 Å². The van der Waals surface area contributed by atoms with Gasteiger partial charge in [0, 0.05) is 22.3 Å². The molecule has 1 atom stereocenters. The highest BCUT2D eigenvalue weighted by Gasteiger charge is 2.33. The van der Waals surface area contributed by atoms with Crippen LogP contribution in [0, 0.1) is 0 Å². The predicted molar refractivity (Wildman–Crippen MR) is 128 cm³/mol. The number of methoxy groups -OCH3 is 2. The van der Waals surface area contributed by atoms with E-state index in [9.17, 15) is 4.79 Å². The summed E-state index contributed by atoms with van der Waals surface area (Å²) in [5.74, 6) is 1.95. The van der Waals surface area contributed by atoms with Crippen molar-refractivity contribution in [3.05, 3.63) is 81.8 Å². The number of ether oxygens (including phenoxy) is 3. The van der Waals surface area contributed by atoms with E-state index in [0.717, 1.165) is 15.6 Å². The average molecular weight is 497 g/mol. The molecule has 0 aromatic heterocycles. The van der Waals surface area contributed by atoms with Crippen molar-refractivity contribution in [2.24, 2.45) is 0 Å². The lowest BCUT2D eigenvalue weighted by Gasteiger charge is -2.37. The maximum Gasteiger partial charge on any atom is 0.254 e. The van der Waals surface area contributed by atoms with Crippen molar-refractivity contribution in [1.29, 1.82) is 0 Å². The number of halogens is 1. The van der Waals surface area contributed by atoms with Crippen molar-refractivity contribution in [2.45, 2.75) is 12.5 Å². The molecule has 0 fully saturated rings. The third-order valence-corrected chi connectivity index (χ3v) is 6.12. The Hall–Kier alpha value is -3.19. The van der Waals surface area contributed by atoms with Crippen LogP contribution in [0.3, 0.4) is 0 Å². The van der Waals surface area contributed by atoms with Gasteiger partial charge in [0.2, 0.25) is 0 Å². The molecule has 32 heavy (non-hydrogen) atoms. The van der Waals surface area contributed by atoms with Gasteiger partial charge >= 0.3 is 0 Å². The van der Waals surface area contributed by atoms with E-state index >= 15 is 0 Å². The van der Waals surface area contributed by atoms with Gasteiger partial charge in [0.05, 0.1) is 20.3 Å². The standard InChI is InChI=1S/C25H25BrN2O4/c1-30-23-13-16-10-11-28(25(29)17-4-3-5-18(26)12-17)22(21(16)14-24(23)31-2)15-32-20-8-6-19(27)7-9-20/h3-9,12-14,22H,10-11,15,27H2,1-2H3. The Morgan fingerprint density at radius 2 is 1.78 bits per heavy atom. The maximum absolute atomic E-state index is 13.5. The van der Waals surface area contributed by atoms with Gasteiger partial charge in [-0.1, -0.05) is 22.0 Å². The molecule has 4 rings (SSSR count). The second-order valence-electron chi connectivity index (χ2n) is 7.56. The number of carbonyl (C=O) groups excluding carboxylic acids is 1. The molecule has 0 saturated heterocycles. The highest BCUT2D eigenvalue weighted by Crippen LogP contribution is 2.39. The van der Waals surface area contributed by atoms with Crippen LogP contribution < -0.4 is 19.9 Å². The number of rotatable bonds is 6. The minimum Gasteiger partial charge on any atom is -0.493 e. The molecule has 1 amide bonds. The largest absolute Gasteiger partial charge is 0.493 e. The van der Waals surface area contributed by atoms with Gasteiger partial charge in [0.15, 0.2) is 11.5 Å². The van der Waals surface area contributed by atoms with E-state index in [1.807, 2.05) is 53.4 Å². The molecule has 0 bridgehead atoms. The lowest BCUT2D eigenvalue weighted by Crippen LogP contribution is -2.42. The van der Waals surface area contributed by atoms with Crippen LogP contribution in [-0.2, 0) is 6.42 Å². The SMILES string of the molecule is COc1cc2c(cc1OC)C(COc1ccc(N)cc1)N(C(=O)c1cccc(Br)c1)CC2. The fourth-order valence-corrected chi connectivity index (χ4v) is 4.38. The molecule has 1 heterocycles.